The van der Waals surface area contributed by atoms with Crippen LogP contribution in [0, 0.1) is 63.0 Å². The largest absolute Gasteiger partial charge is 0.462 e. The summed E-state index contributed by atoms with van der Waals surface area (Å²) in [6.07, 6.45) is 18.4. The van der Waals surface area contributed by atoms with Gasteiger partial charge in [-0.1, -0.05) is 72.5 Å². The van der Waals surface area contributed by atoms with E-state index in [2.05, 4.69) is 121 Å². The maximum absolute atomic E-state index is 13.6. The monoisotopic (exact) mass is 939 g/mol. The highest BCUT2D eigenvalue weighted by Crippen LogP contribution is 2.67. The fraction of sp³-hybridized carbons (Fsp3) is 0.763. The molecule has 0 saturated heterocycles. The first-order valence-electron chi connectivity index (χ1n) is 17.6. The lowest BCUT2D eigenvalue weighted by Gasteiger charge is -2.58. The predicted molar refractivity (Wildman–Crippen MR) is 209 cm³/mol. The van der Waals surface area contributed by atoms with Gasteiger partial charge in [0.15, 0.2) is 0 Å². The van der Waals surface area contributed by atoms with E-state index in [4.69, 9.17) is 10.5 Å². The Balaban J connectivity index is 1.23. The van der Waals surface area contributed by atoms with Crippen LogP contribution >= 0.6 is 67.8 Å². The Hall–Kier alpha value is 0.420. The van der Waals surface area contributed by atoms with Crippen LogP contribution in [0.2, 0.25) is 0 Å². The normalized spacial score (nSPS) is 34.5. The molecule has 0 aliphatic heterocycles. The third-order valence-electron chi connectivity index (χ3n) is 13.1. The number of carbonyl (C=O) groups excluding carboxylic acids is 1. The van der Waals surface area contributed by atoms with E-state index in [1.807, 2.05) is 0 Å². The smallest absolute Gasteiger partial charge is 0.309 e. The van der Waals surface area contributed by atoms with Crippen LogP contribution in [-0.4, -0.2) is 12.1 Å². The van der Waals surface area contributed by atoms with Crippen LogP contribution in [0.15, 0.2) is 17.7 Å². The number of hydrogen-bond donors (Lipinski definition) is 1. The molecule has 4 aliphatic rings. The molecule has 0 radical (unpaired) electrons. The minimum atomic E-state index is -0.131. The number of ether oxygens (including phenoxy) is 1. The maximum atomic E-state index is 13.6. The van der Waals surface area contributed by atoms with Gasteiger partial charge in [0.2, 0.25) is 0 Å². The average Bonchev–Trinajstić information content (AvgIpc) is 3.33. The summed E-state index contributed by atoms with van der Waals surface area (Å²) in [5.41, 5.74) is 10.8. The molecule has 1 unspecified atom stereocenters. The lowest BCUT2D eigenvalue weighted by atomic mass is 9.47. The maximum Gasteiger partial charge on any atom is 0.309 e. The molecule has 44 heavy (non-hydrogen) atoms. The van der Waals surface area contributed by atoms with E-state index < -0.39 is 0 Å². The van der Waals surface area contributed by atoms with E-state index in [1.165, 1.54) is 60.5 Å². The molecule has 1 aromatic rings. The number of esters is 1. The summed E-state index contributed by atoms with van der Waals surface area (Å²) in [7, 11) is 0. The number of nitrogen functional groups attached to an aromatic ring is 1. The third kappa shape index (κ3) is 6.94. The summed E-state index contributed by atoms with van der Waals surface area (Å²) in [5.74, 6) is 4.96. The second-order valence-corrected chi connectivity index (χ2v) is 19.4. The summed E-state index contributed by atoms with van der Waals surface area (Å²) in [6, 6.07) is 2.13. The molecule has 0 amide bonds. The molecule has 1 aromatic carbocycles. The molecule has 2 N–H and O–H groups in total. The minimum absolute atomic E-state index is 0.0174. The van der Waals surface area contributed by atoms with E-state index in [0.717, 1.165) is 74.0 Å². The number of carbonyl (C=O) groups is 1. The molecule has 246 valence electrons. The van der Waals surface area contributed by atoms with Crippen LogP contribution in [0.5, 0.6) is 0 Å². The lowest BCUT2D eigenvalue weighted by molar-refractivity contribution is -0.156. The van der Waals surface area contributed by atoms with Gasteiger partial charge in [0, 0.05) is 17.1 Å². The number of anilines is 1. The van der Waals surface area contributed by atoms with Crippen molar-refractivity contribution in [3.8, 4) is 0 Å². The van der Waals surface area contributed by atoms with Crippen molar-refractivity contribution in [3.05, 3.63) is 34.0 Å². The van der Waals surface area contributed by atoms with Crippen LogP contribution in [0.1, 0.15) is 124 Å². The predicted octanol–water partition coefficient (Wildman–Crippen LogP) is 11.6. The standard InChI is InChI=1S/C38H56I3NO2/c1-7-24(19-28-32(39)21-33(40)35(42)34(28)41)36(43)44-26-15-17-37(5)25(20-26)11-12-27-30-14-13-29(23(4)10-8-9-22(2)3)38(30,6)18-16-31(27)37/h11,21-24,26-27,29-31H,7-10,12-20,42H2,1-6H3/t23-,24?,26+,27+,29-,30+,31+,37+,38-/m1/s1. The van der Waals surface area contributed by atoms with Crippen molar-refractivity contribution in [2.24, 2.45) is 52.3 Å². The highest BCUT2D eigenvalue weighted by molar-refractivity contribution is 14.1. The zero-order valence-electron chi connectivity index (χ0n) is 28.0. The van der Waals surface area contributed by atoms with E-state index in [9.17, 15) is 4.79 Å². The van der Waals surface area contributed by atoms with Crippen LogP contribution in [0.4, 0.5) is 5.69 Å². The molecule has 0 heterocycles. The van der Waals surface area contributed by atoms with Gasteiger partial charge >= 0.3 is 5.97 Å². The van der Waals surface area contributed by atoms with Gasteiger partial charge in [0.25, 0.3) is 0 Å². The molecule has 0 aromatic heterocycles. The molecule has 4 aliphatic carbocycles. The van der Waals surface area contributed by atoms with Crippen LogP contribution in [0.25, 0.3) is 0 Å². The Bertz CT molecular complexity index is 1240. The number of nitrogens with two attached hydrogens (primary N) is 1. The Morgan fingerprint density at radius 3 is 2.48 bits per heavy atom. The minimum Gasteiger partial charge on any atom is -0.462 e. The van der Waals surface area contributed by atoms with Gasteiger partial charge in [-0.05, 0) is 184 Å². The second kappa shape index (κ2) is 14.5. The fourth-order valence-electron chi connectivity index (χ4n) is 10.5. The Kier molecular flexibility index (Phi) is 11.8. The first-order valence-corrected chi connectivity index (χ1v) is 20.9. The number of halogens is 3. The number of hydrogen-bond acceptors (Lipinski definition) is 3. The molecule has 3 nitrogen and oxygen atoms in total. The molecule has 3 saturated carbocycles. The molecule has 0 spiro atoms. The van der Waals surface area contributed by atoms with Crippen molar-refractivity contribution < 1.29 is 9.53 Å². The quantitative estimate of drug-likeness (QED) is 0.110. The topological polar surface area (TPSA) is 52.3 Å². The molecule has 3 fully saturated rings. The molecule has 5 rings (SSSR count). The summed E-state index contributed by atoms with van der Waals surface area (Å²) >= 11 is 7.04. The summed E-state index contributed by atoms with van der Waals surface area (Å²) in [6.45, 7) is 14.7. The number of allylic oxidation sites excluding steroid dienone is 1. The summed E-state index contributed by atoms with van der Waals surface area (Å²) in [5, 5.41) is 0. The van der Waals surface area contributed by atoms with Gasteiger partial charge in [-0.25, -0.2) is 0 Å². The lowest BCUT2D eigenvalue weighted by Crippen LogP contribution is -2.51. The van der Waals surface area contributed by atoms with Gasteiger partial charge in [0.05, 0.1) is 11.6 Å². The number of benzene rings is 1. The van der Waals surface area contributed by atoms with Gasteiger partial charge < -0.3 is 10.5 Å². The molecule has 0 bridgehead atoms. The molecule has 6 heteroatoms. The first-order chi connectivity index (χ1) is 20.8. The highest BCUT2D eigenvalue weighted by Gasteiger charge is 2.59. The van der Waals surface area contributed by atoms with Crippen LogP contribution < -0.4 is 5.73 Å². The third-order valence-corrected chi connectivity index (χ3v) is 16.2. The zero-order chi connectivity index (χ0) is 32.0. The van der Waals surface area contributed by atoms with Crippen molar-refractivity contribution in [1.82, 2.24) is 0 Å². The van der Waals surface area contributed by atoms with Gasteiger partial charge in [-0.15, -0.1) is 0 Å². The van der Waals surface area contributed by atoms with E-state index in [-0.39, 0.29) is 23.4 Å². The summed E-state index contributed by atoms with van der Waals surface area (Å²) < 4.78 is 9.68. The van der Waals surface area contributed by atoms with Crippen molar-refractivity contribution in [3.63, 3.8) is 0 Å². The first kappa shape index (κ1) is 35.7. The summed E-state index contributed by atoms with van der Waals surface area (Å²) in [4.78, 5) is 13.6. The average molecular weight is 940 g/mol. The van der Waals surface area contributed by atoms with Gasteiger partial charge in [0.1, 0.15) is 6.10 Å². The van der Waals surface area contributed by atoms with Crippen LogP contribution in [-0.2, 0) is 16.0 Å². The number of fused-ring (bicyclic) bond motifs is 5. The second-order valence-electron chi connectivity index (χ2n) is 15.9. The van der Waals surface area contributed by atoms with Gasteiger partial charge in [-0.2, -0.15) is 0 Å². The Morgan fingerprint density at radius 2 is 1.77 bits per heavy atom. The van der Waals surface area contributed by atoms with Crippen molar-refractivity contribution in [2.45, 2.75) is 131 Å². The van der Waals surface area contributed by atoms with E-state index in [0.29, 0.717) is 11.8 Å². The Morgan fingerprint density at radius 1 is 1.02 bits per heavy atom. The number of rotatable bonds is 10. The van der Waals surface area contributed by atoms with Crippen molar-refractivity contribution >= 4 is 79.4 Å². The van der Waals surface area contributed by atoms with Gasteiger partial charge in [-0.3, -0.25) is 4.79 Å². The zero-order valence-corrected chi connectivity index (χ0v) is 34.5. The van der Waals surface area contributed by atoms with Crippen molar-refractivity contribution in [2.75, 3.05) is 5.73 Å². The Labute approximate surface area is 309 Å². The fourth-order valence-corrected chi connectivity index (χ4v) is 14.3. The molecule has 9 atom stereocenters. The van der Waals surface area contributed by atoms with E-state index >= 15 is 0 Å². The van der Waals surface area contributed by atoms with E-state index in [1.54, 1.807) is 5.57 Å². The highest BCUT2D eigenvalue weighted by atomic mass is 127. The van der Waals surface area contributed by atoms with Crippen molar-refractivity contribution in [1.29, 1.82) is 0 Å². The van der Waals surface area contributed by atoms with Crippen LogP contribution in [0.3, 0.4) is 0 Å². The SMILES string of the molecule is CCC(Cc1c(I)cc(I)c(N)c1I)C(=O)O[C@H]1CC[C@@]2(C)C(=CC[C@H]3[C@@H]4CC[C@H]([C@H](C)CCCC(C)C)[C@@]4(C)CC[C@@H]32)C1. The molecular weight excluding hydrogens is 883 g/mol. The molecular formula is C38H56I3NO2.